The van der Waals surface area contributed by atoms with E-state index >= 15 is 0 Å². The number of methoxy groups -OCH3 is 1. The van der Waals surface area contributed by atoms with E-state index in [0.717, 1.165) is 6.42 Å². The number of hydrogen-bond acceptors (Lipinski definition) is 6. The molecule has 0 atom stereocenters. The lowest BCUT2D eigenvalue weighted by Crippen LogP contribution is -2.03. The summed E-state index contributed by atoms with van der Waals surface area (Å²) in [4.78, 5) is 26.2. The quantitative estimate of drug-likeness (QED) is 0.477. The molecule has 2 aromatic rings. The molecule has 0 amide bonds. The van der Waals surface area contributed by atoms with Crippen LogP contribution in [0.25, 0.3) is 11.5 Å². The van der Waals surface area contributed by atoms with Gasteiger partial charge < -0.3 is 9.15 Å². The van der Waals surface area contributed by atoms with Crippen molar-refractivity contribution < 1.29 is 18.9 Å². The zero-order chi connectivity index (χ0) is 15.4. The number of aromatic nitrogens is 1. The van der Waals surface area contributed by atoms with Crippen molar-refractivity contribution in [3.8, 4) is 11.5 Å². The molecule has 1 aromatic heterocycles. The molecule has 0 aliphatic carbocycles. The van der Waals surface area contributed by atoms with Crippen molar-refractivity contribution in [2.24, 2.45) is 0 Å². The first kappa shape index (κ1) is 14.7. The normalized spacial score (nSPS) is 10.4. The lowest BCUT2D eigenvalue weighted by atomic mass is 10.2. The molecule has 0 bridgehead atoms. The summed E-state index contributed by atoms with van der Waals surface area (Å²) < 4.78 is 10.1. The lowest BCUT2D eigenvalue weighted by molar-refractivity contribution is -0.384. The van der Waals surface area contributed by atoms with Crippen LogP contribution in [0.3, 0.4) is 0 Å². The Kier molecular flexibility index (Phi) is 4.32. The highest BCUT2D eigenvalue weighted by Gasteiger charge is 2.21. The van der Waals surface area contributed by atoms with Crippen molar-refractivity contribution >= 4 is 11.7 Å². The molecule has 21 heavy (non-hydrogen) atoms. The van der Waals surface area contributed by atoms with Crippen molar-refractivity contribution in [1.82, 2.24) is 4.98 Å². The highest BCUT2D eigenvalue weighted by molar-refractivity contribution is 5.88. The zero-order valence-corrected chi connectivity index (χ0v) is 11.7. The van der Waals surface area contributed by atoms with Crippen LogP contribution in [0.4, 0.5) is 5.69 Å². The Labute approximate surface area is 120 Å². The second-order valence-corrected chi connectivity index (χ2v) is 4.34. The van der Waals surface area contributed by atoms with Gasteiger partial charge in [-0.15, -0.1) is 0 Å². The van der Waals surface area contributed by atoms with E-state index in [0.29, 0.717) is 17.7 Å². The van der Waals surface area contributed by atoms with Crippen LogP contribution < -0.4 is 0 Å². The third-order valence-corrected chi connectivity index (χ3v) is 2.86. The molecule has 0 unspecified atom stereocenters. The van der Waals surface area contributed by atoms with Gasteiger partial charge in [0.1, 0.15) is 0 Å². The van der Waals surface area contributed by atoms with E-state index in [9.17, 15) is 14.9 Å². The monoisotopic (exact) mass is 290 g/mol. The van der Waals surface area contributed by atoms with Crippen LogP contribution in [-0.2, 0) is 11.2 Å². The largest absolute Gasteiger partial charge is 0.463 e. The minimum Gasteiger partial charge on any atom is -0.463 e. The topological polar surface area (TPSA) is 95.5 Å². The molecule has 0 fully saturated rings. The van der Waals surface area contributed by atoms with Gasteiger partial charge in [0.15, 0.2) is 0 Å². The third kappa shape index (κ3) is 3.07. The van der Waals surface area contributed by atoms with E-state index in [2.05, 4.69) is 9.72 Å². The molecule has 0 aliphatic heterocycles. The molecule has 110 valence electrons. The number of non-ortho nitro benzene ring substituents is 1. The van der Waals surface area contributed by atoms with E-state index < -0.39 is 10.9 Å². The number of aryl methyl sites for hydroxylation is 1. The van der Waals surface area contributed by atoms with Crippen LogP contribution in [0.5, 0.6) is 0 Å². The summed E-state index contributed by atoms with van der Waals surface area (Å²) in [5.74, 6) is -0.397. The summed E-state index contributed by atoms with van der Waals surface area (Å²) in [6.07, 6.45) is 1.34. The summed E-state index contributed by atoms with van der Waals surface area (Å²) in [5.41, 5.74) is 0.866. The van der Waals surface area contributed by atoms with E-state index in [1.165, 1.54) is 25.3 Å². The number of nitro benzene ring substituents is 1. The van der Waals surface area contributed by atoms with Gasteiger partial charge in [-0.3, -0.25) is 10.1 Å². The average molecular weight is 290 g/mol. The van der Waals surface area contributed by atoms with Gasteiger partial charge in [0.05, 0.1) is 17.7 Å². The summed E-state index contributed by atoms with van der Waals surface area (Å²) in [6, 6.07) is 5.90. The molecule has 0 N–H and O–H groups in total. The molecule has 7 heteroatoms. The van der Waals surface area contributed by atoms with Crippen molar-refractivity contribution in [3.63, 3.8) is 0 Å². The fraction of sp³-hybridized carbons (Fsp3) is 0.286. The molecule has 1 heterocycles. The number of rotatable bonds is 5. The molecule has 0 spiro atoms. The van der Waals surface area contributed by atoms with Gasteiger partial charge in [0.25, 0.3) is 5.69 Å². The first-order chi connectivity index (χ1) is 10.1. The van der Waals surface area contributed by atoms with E-state index in [-0.39, 0.29) is 17.3 Å². The Balaban J connectivity index is 2.47. The lowest BCUT2D eigenvalue weighted by Gasteiger charge is -1.96. The number of ether oxygens (including phenoxy) is 1. The number of hydrogen-bond donors (Lipinski definition) is 0. The maximum absolute atomic E-state index is 11.7. The minimum atomic E-state index is -0.609. The summed E-state index contributed by atoms with van der Waals surface area (Å²) in [6.45, 7) is 1.95. The Bertz CT molecular complexity index is 678. The van der Waals surface area contributed by atoms with E-state index in [1.54, 1.807) is 6.07 Å². The molecular formula is C14H14N2O5. The van der Waals surface area contributed by atoms with Gasteiger partial charge in [0, 0.05) is 17.7 Å². The number of nitro groups is 1. The molecule has 1 aromatic carbocycles. The second-order valence-electron chi connectivity index (χ2n) is 4.34. The van der Waals surface area contributed by atoms with Crippen LogP contribution in [0.2, 0.25) is 0 Å². The maximum atomic E-state index is 11.7. The van der Waals surface area contributed by atoms with Crippen molar-refractivity contribution in [3.05, 3.63) is 45.8 Å². The van der Waals surface area contributed by atoms with Gasteiger partial charge in [-0.25, -0.2) is 9.78 Å². The summed E-state index contributed by atoms with van der Waals surface area (Å²) >= 11 is 0. The number of nitrogens with zero attached hydrogens (tertiary/aromatic N) is 2. The van der Waals surface area contributed by atoms with Crippen LogP contribution in [0, 0.1) is 10.1 Å². The van der Waals surface area contributed by atoms with Gasteiger partial charge in [-0.1, -0.05) is 19.4 Å². The fourth-order valence-corrected chi connectivity index (χ4v) is 1.89. The highest BCUT2D eigenvalue weighted by atomic mass is 16.6. The predicted molar refractivity (Wildman–Crippen MR) is 73.9 cm³/mol. The molecular weight excluding hydrogens is 276 g/mol. The number of esters is 1. The predicted octanol–water partition coefficient (Wildman–Crippen LogP) is 2.99. The maximum Gasteiger partial charge on any atom is 0.376 e. The molecule has 7 nitrogen and oxygen atoms in total. The Morgan fingerprint density at radius 3 is 2.86 bits per heavy atom. The number of benzene rings is 1. The zero-order valence-electron chi connectivity index (χ0n) is 11.7. The number of oxazole rings is 1. The van der Waals surface area contributed by atoms with Crippen molar-refractivity contribution in [2.45, 2.75) is 19.8 Å². The smallest absolute Gasteiger partial charge is 0.376 e. The van der Waals surface area contributed by atoms with Gasteiger partial charge >= 0.3 is 5.97 Å². The van der Waals surface area contributed by atoms with Crippen molar-refractivity contribution in [2.75, 3.05) is 7.11 Å². The van der Waals surface area contributed by atoms with Gasteiger partial charge in [0.2, 0.25) is 11.7 Å². The van der Waals surface area contributed by atoms with Crippen LogP contribution >= 0.6 is 0 Å². The number of carbonyl (C=O) groups excluding carboxylic acids is 1. The highest BCUT2D eigenvalue weighted by Crippen LogP contribution is 2.26. The molecule has 0 radical (unpaired) electrons. The van der Waals surface area contributed by atoms with Gasteiger partial charge in [-0.05, 0) is 12.5 Å². The Hall–Kier alpha value is -2.70. The molecule has 2 rings (SSSR count). The fourth-order valence-electron chi connectivity index (χ4n) is 1.89. The van der Waals surface area contributed by atoms with Gasteiger partial charge in [-0.2, -0.15) is 0 Å². The molecule has 0 aliphatic rings. The molecule has 0 saturated heterocycles. The third-order valence-electron chi connectivity index (χ3n) is 2.86. The minimum absolute atomic E-state index is 0.0425. The van der Waals surface area contributed by atoms with E-state index in [4.69, 9.17) is 4.42 Å². The Morgan fingerprint density at radius 2 is 2.24 bits per heavy atom. The SMILES string of the molecule is CCCc1nc(-c2cccc([N+](=O)[O-])c2)oc1C(=O)OC. The standard InChI is InChI=1S/C14H14N2O5/c1-3-5-11-12(14(17)20-2)21-13(15-11)9-6-4-7-10(8-9)16(18)19/h4,6-8H,3,5H2,1-2H3. The van der Waals surface area contributed by atoms with Crippen LogP contribution in [0.1, 0.15) is 29.6 Å². The summed E-state index contributed by atoms with van der Waals surface area (Å²) in [5, 5.41) is 10.8. The second kappa shape index (κ2) is 6.17. The Morgan fingerprint density at radius 1 is 1.48 bits per heavy atom. The average Bonchev–Trinajstić information content (AvgIpc) is 2.91. The first-order valence-corrected chi connectivity index (χ1v) is 6.39. The molecule has 0 saturated carbocycles. The van der Waals surface area contributed by atoms with E-state index in [1.807, 2.05) is 6.92 Å². The number of carbonyl (C=O) groups is 1. The van der Waals surface area contributed by atoms with Crippen LogP contribution in [-0.4, -0.2) is 23.0 Å². The first-order valence-electron chi connectivity index (χ1n) is 6.39. The summed E-state index contributed by atoms with van der Waals surface area (Å²) in [7, 11) is 1.26. The van der Waals surface area contributed by atoms with Crippen LogP contribution in [0.15, 0.2) is 28.7 Å². The van der Waals surface area contributed by atoms with Crippen molar-refractivity contribution in [1.29, 1.82) is 0 Å².